The summed E-state index contributed by atoms with van der Waals surface area (Å²) < 4.78 is 9.89. The van der Waals surface area contributed by atoms with E-state index in [2.05, 4.69) is 317 Å². The van der Waals surface area contributed by atoms with E-state index in [1.54, 1.807) is 0 Å². The molecule has 0 N–H and O–H groups in total. The van der Waals surface area contributed by atoms with Crippen molar-refractivity contribution in [3.8, 4) is 61.3 Å². The van der Waals surface area contributed by atoms with E-state index in [4.69, 9.17) is 4.42 Å². The lowest BCUT2D eigenvalue weighted by molar-refractivity contribution is 0.568. The van der Waals surface area contributed by atoms with Gasteiger partial charge in [-0.15, -0.1) is 0 Å². The molecule has 4 heteroatoms. The van der Waals surface area contributed by atoms with Gasteiger partial charge in [0.2, 0.25) is 0 Å². The van der Waals surface area contributed by atoms with E-state index in [-0.39, 0.29) is 28.4 Å². The molecule has 4 heterocycles. The second kappa shape index (κ2) is 19.2. The first kappa shape index (κ1) is 53.6. The average Bonchev–Trinajstić information content (AvgIpc) is 1.32. The van der Waals surface area contributed by atoms with Crippen LogP contribution in [-0.4, -0.2) is 11.3 Å². The molecule has 0 saturated heterocycles. The average molecular weight is 1110 g/mol. The zero-order valence-corrected chi connectivity index (χ0v) is 51.7. The van der Waals surface area contributed by atoms with Gasteiger partial charge < -0.3 is 13.9 Å². The zero-order chi connectivity index (χ0) is 59.3. The first-order chi connectivity index (χ1) is 41.2. The van der Waals surface area contributed by atoms with E-state index in [9.17, 15) is 0 Å². The van der Waals surface area contributed by atoms with Gasteiger partial charge in [-0.1, -0.05) is 259 Å². The van der Waals surface area contributed by atoms with Gasteiger partial charge in [0, 0.05) is 49.7 Å². The highest BCUT2D eigenvalue weighted by Crippen LogP contribution is 2.50. The minimum atomic E-state index is -0.197. The lowest BCUT2D eigenvalue weighted by Gasteiger charge is -2.42. The van der Waals surface area contributed by atoms with Crippen molar-refractivity contribution in [2.24, 2.45) is 0 Å². The molecule has 0 atom stereocenters. The van der Waals surface area contributed by atoms with Crippen LogP contribution in [0.5, 0.6) is 0 Å². The Morgan fingerprint density at radius 2 is 0.791 bits per heavy atom. The molecule has 0 radical (unpaired) electrons. The van der Waals surface area contributed by atoms with Crippen LogP contribution >= 0.6 is 0 Å². The Labute approximate surface area is 507 Å². The fraction of sp³-hybridized carbons (Fsp3) is 0.195. The molecule has 3 nitrogen and oxygen atoms in total. The molecule has 15 rings (SSSR count). The van der Waals surface area contributed by atoms with Crippen molar-refractivity contribution in [1.82, 2.24) is 4.57 Å². The summed E-state index contributed by atoms with van der Waals surface area (Å²) in [5.74, 6) is 0. The van der Waals surface area contributed by atoms with E-state index in [0.29, 0.717) is 0 Å². The third-order valence-electron chi connectivity index (χ3n) is 18.8. The molecule has 2 aromatic heterocycles. The summed E-state index contributed by atoms with van der Waals surface area (Å²) in [6.45, 7) is 28.0. The van der Waals surface area contributed by atoms with Crippen molar-refractivity contribution >= 4 is 83.9 Å². The molecule has 0 spiro atoms. The van der Waals surface area contributed by atoms with Crippen LogP contribution in [0.2, 0.25) is 0 Å². The minimum Gasteiger partial charge on any atom is -0.456 e. The number of hydrogen-bond donors (Lipinski definition) is 0. The molecule has 86 heavy (non-hydrogen) atoms. The van der Waals surface area contributed by atoms with Gasteiger partial charge in [0.05, 0.1) is 11.2 Å². The molecular formula is C82H73BN2O. The summed E-state index contributed by atoms with van der Waals surface area (Å²) in [6.07, 6.45) is 0. The van der Waals surface area contributed by atoms with Gasteiger partial charge in [0.15, 0.2) is 0 Å². The number of hydrogen-bond acceptors (Lipinski definition) is 2. The molecule has 0 aliphatic carbocycles. The van der Waals surface area contributed by atoms with E-state index in [0.717, 1.165) is 38.9 Å². The van der Waals surface area contributed by atoms with Gasteiger partial charge in [-0.05, 0) is 159 Å². The van der Waals surface area contributed by atoms with Gasteiger partial charge in [-0.3, -0.25) is 0 Å². The number of para-hydroxylation sites is 1. The SMILES string of the molecule is CC(C)(C)c1cc(-c2cc3c4c(c2)-n2c5cc(-c6ccccc6)ccc5c5ccc(-c6ccccc6)c(c52)B4c2cc4oc5cc(-c6ccccc6)ccc5c4cc2N3c2ccccc2-c2cc(C(C)(C)C)cc(C(C)(C)C)c2)cc(C(C)(C)C)c1. The Morgan fingerprint density at radius 3 is 1.38 bits per heavy atom. The predicted molar refractivity (Wildman–Crippen MR) is 369 cm³/mol. The first-order valence-electron chi connectivity index (χ1n) is 30.8. The van der Waals surface area contributed by atoms with E-state index in [1.165, 1.54) is 122 Å². The Bertz CT molecular complexity index is 4830. The minimum absolute atomic E-state index is 0.0831. The standard InChI is InChI=1S/C82H73BN2O/c1-79(2,3)58-38-55(39-59(46-58)80(4,5)6)56-43-72-77-73(44-56)85-70-42-53(50-24-16-13-17-25-50)32-34-64(70)66-37-36-63(52-28-20-15-21-29-52)76(78(66)85)83(77)68-49-75-67(65-35-33-54(45-74(65)86-75)51-26-18-14-19-27-51)48-71(68)84(72)69-31-23-22-30-62(69)57-40-60(81(7,8)9)47-61(41-57)82(10,11)12/h13-49H,1-12H3. The van der Waals surface area contributed by atoms with Crippen molar-refractivity contribution in [2.75, 3.05) is 4.90 Å². The van der Waals surface area contributed by atoms with Gasteiger partial charge >= 0.3 is 0 Å². The van der Waals surface area contributed by atoms with Crippen LogP contribution in [0.3, 0.4) is 0 Å². The lowest BCUT2D eigenvalue weighted by atomic mass is 9.33. The summed E-state index contributed by atoms with van der Waals surface area (Å²) in [4.78, 5) is 2.66. The summed E-state index contributed by atoms with van der Waals surface area (Å²) >= 11 is 0. The molecule has 0 bridgehead atoms. The molecular weight excluding hydrogens is 1040 g/mol. The number of aromatic nitrogens is 1. The predicted octanol–water partition coefficient (Wildman–Crippen LogP) is 20.8. The van der Waals surface area contributed by atoms with Crippen LogP contribution < -0.4 is 21.3 Å². The molecule has 420 valence electrons. The van der Waals surface area contributed by atoms with E-state index >= 15 is 0 Å². The Morgan fingerprint density at radius 1 is 0.302 bits per heavy atom. The fourth-order valence-corrected chi connectivity index (χ4v) is 13.9. The van der Waals surface area contributed by atoms with Gasteiger partial charge in [-0.25, -0.2) is 0 Å². The fourth-order valence-electron chi connectivity index (χ4n) is 13.9. The summed E-state index contributed by atoms with van der Waals surface area (Å²) in [5, 5.41) is 4.68. The molecule has 13 aromatic rings. The van der Waals surface area contributed by atoms with Gasteiger partial charge in [-0.2, -0.15) is 0 Å². The van der Waals surface area contributed by atoms with Crippen LogP contribution in [0.25, 0.3) is 105 Å². The molecule has 11 aromatic carbocycles. The van der Waals surface area contributed by atoms with Crippen LogP contribution in [0.4, 0.5) is 17.1 Å². The topological polar surface area (TPSA) is 21.3 Å². The lowest BCUT2D eigenvalue weighted by Crippen LogP contribution is -2.61. The number of fused-ring (bicyclic) bond motifs is 10. The zero-order valence-electron chi connectivity index (χ0n) is 51.7. The number of rotatable bonds is 6. The van der Waals surface area contributed by atoms with Crippen molar-refractivity contribution in [2.45, 2.75) is 105 Å². The van der Waals surface area contributed by atoms with Gasteiger partial charge in [0.1, 0.15) is 11.2 Å². The molecule has 0 saturated carbocycles. The maximum absolute atomic E-state index is 7.22. The van der Waals surface area contributed by atoms with Crippen LogP contribution in [0, 0.1) is 0 Å². The van der Waals surface area contributed by atoms with Crippen molar-refractivity contribution in [1.29, 1.82) is 0 Å². The highest BCUT2D eigenvalue weighted by Gasteiger charge is 2.45. The molecule has 0 unspecified atom stereocenters. The van der Waals surface area contributed by atoms with Crippen LogP contribution in [-0.2, 0) is 21.7 Å². The highest BCUT2D eigenvalue weighted by atomic mass is 16.3. The molecule has 0 fully saturated rings. The number of benzene rings is 11. The summed E-state index contributed by atoms with van der Waals surface area (Å²) in [7, 11) is 0. The van der Waals surface area contributed by atoms with Crippen molar-refractivity contribution in [3.05, 3.63) is 247 Å². The number of anilines is 3. The maximum atomic E-state index is 7.22. The Balaban J connectivity index is 1.13. The Hall–Kier alpha value is -9.12. The number of furan rings is 1. The quantitative estimate of drug-likeness (QED) is 0.155. The summed E-state index contributed by atoms with van der Waals surface area (Å²) in [6, 6.07) is 85.4. The monoisotopic (exact) mass is 1110 g/mol. The van der Waals surface area contributed by atoms with Gasteiger partial charge in [0.25, 0.3) is 6.71 Å². The van der Waals surface area contributed by atoms with Crippen molar-refractivity contribution in [3.63, 3.8) is 0 Å². The third-order valence-corrected chi connectivity index (χ3v) is 18.8. The summed E-state index contributed by atoms with van der Waals surface area (Å²) in [5.41, 5.74) is 29.5. The van der Waals surface area contributed by atoms with Crippen molar-refractivity contribution < 1.29 is 4.42 Å². The Kier molecular flexibility index (Phi) is 12.0. The first-order valence-corrected chi connectivity index (χ1v) is 30.8. The van der Waals surface area contributed by atoms with E-state index < -0.39 is 0 Å². The molecule has 2 aliphatic heterocycles. The second-order valence-corrected chi connectivity index (χ2v) is 28.6. The third kappa shape index (κ3) is 8.69. The second-order valence-electron chi connectivity index (χ2n) is 28.6. The van der Waals surface area contributed by atoms with E-state index in [1.807, 2.05) is 0 Å². The highest BCUT2D eigenvalue weighted by molar-refractivity contribution is 7.01. The number of nitrogens with zero attached hydrogens (tertiary/aromatic N) is 2. The van der Waals surface area contributed by atoms with Crippen LogP contribution in [0.15, 0.2) is 229 Å². The maximum Gasteiger partial charge on any atom is 0.253 e. The largest absolute Gasteiger partial charge is 0.456 e. The smallest absolute Gasteiger partial charge is 0.253 e. The molecule has 0 amide bonds. The van der Waals surface area contributed by atoms with Crippen LogP contribution in [0.1, 0.15) is 105 Å². The molecule has 2 aliphatic rings. The normalized spacial score (nSPS) is 13.3.